The van der Waals surface area contributed by atoms with Gasteiger partial charge < -0.3 is 16.2 Å². The number of amides is 1. The predicted molar refractivity (Wildman–Crippen MR) is 74.4 cm³/mol. The topological polar surface area (TPSA) is 105 Å². The van der Waals surface area contributed by atoms with Crippen molar-refractivity contribution in [3.63, 3.8) is 0 Å². The summed E-state index contributed by atoms with van der Waals surface area (Å²) < 4.78 is 0. The average Bonchev–Trinajstić information content (AvgIpc) is 2.38. The summed E-state index contributed by atoms with van der Waals surface area (Å²) >= 11 is 0. The summed E-state index contributed by atoms with van der Waals surface area (Å²) in [7, 11) is 0. The predicted octanol–water partition coefficient (Wildman–Crippen LogP) is 1.54. The zero-order valence-corrected chi connectivity index (χ0v) is 10.5. The van der Waals surface area contributed by atoms with Crippen LogP contribution >= 0.6 is 0 Å². The molecule has 2 aromatic rings. The Hall–Kier alpha value is -2.89. The molecule has 1 aromatic heterocycles. The van der Waals surface area contributed by atoms with Crippen LogP contribution < -0.4 is 11.1 Å². The van der Waals surface area contributed by atoms with Crippen LogP contribution in [0.2, 0.25) is 0 Å². The number of nitrogens with one attached hydrogen (secondary N) is 1. The van der Waals surface area contributed by atoms with Crippen LogP contribution in [0.15, 0.2) is 42.7 Å². The number of hydrogen-bond donors (Lipinski definition) is 3. The molecular formula is C14H13N3O3. The number of anilines is 2. The molecule has 0 spiro atoms. The maximum atomic E-state index is 11.8. The zero-order valence-electron chi connectivity index (χ0n) is 10.5. The Morgan fingerprint density at radius 2 is 2.05 bits per heavy atom. The van der Waals surface area contributed by atoms with E-state index in [1.807, 2.05) is 0 Å². The Morgan fingerprint density at radius 1 is 1.25 bits per heavy atom. The lowest BCUT2D eigenvalue weighted by molar-refractivity contribution is -0.115. The number of carboxylic acid groups (broad SMARTS) is 1. The van der Waals surface area contributed by atoms with Gasteiger partial charge >= 0.3 is 5.97 Å². The van der Waals surface area contributed by atoms with Gasteiger partial charge in [0.15, 0.2) is 0 Å². The first-order valence-electron chi connectivity index (χ1n) is 5.87. The molecule has 20 heavy (non-hydrogen) atoms. The highest BCUT2D eigenvalue weighted by Crippen LogP contribution is 2.11. The third-order valence-electron chi connectivity index (χ3n) is 2.58. The largest absolute Gasteiger partial charge is 0.478 e. The second kappa shape index (κ2) is 5.83. The maximum Gasteiger partial charge on any atom is 0.337 e. The normalized spacial score (nSPS) is 10.0. The van der Waals surface area contributed by atoms with Crippen LogP contribution in [-0.2, 0) is 11.2 Å². The first-order valence-corrected chi connectivity index (χ1v) is 5.87. The van der Waals surface area contributed by atoms with Crippen LogP contribution in [0.1, 0.15) is 15.9 Å². The standard InChI is InChI=1S/C14H13N3O3/c15-11-3-1-2-9(4-11)5-13(18)17-12-6-10(14(19)20)7-16-8-12/h1-4,6-8H,5,15H2,(H,17,18)(H,19,20). The molecule has 1 amide bonds. The minimum absolute atomic E-state index is 0.0201. The third kappa shape index (κ3) is 3.55. The second-order valence-corrected chi connectivity index (χ2v) is 4.24. The molecule has 1 heterocycles. The molecule has 2 rings (SSSR count). The number of nitrogen functional groups attached to an aromatic ring is 1. The fourth-order valence-electron chi connectivity index (χ4n) is 1.72. The van der Waals surface area contributed by atoms with Crippen LogP contribution in [0.5, 0.6) is 0 Å². The van der Waals surface area contributed by atoms with Crippen molar-refractivity contribution in [3.8, 4) is 0 Å². The van der Waals surface area contributed by atoms with Gasteiger partial charge in [-0.3, -0.25) is 9.78 Å². The van der Waals surface area contributed by atoms with Gasteiger partial charge in [-0.1, -0.05) is 12.1 Å². The van der Waals surface area contributed by atoms with E-state index in [1.165, 1.54) is 18.5 Å². The number of pyridine rings is 1. The molecule has 0 saturated heterocycles. The van der Waals surface area contributed by atoms with Gasteiger partial charge in [-0.2, -0.15) is 0 Å². The number of nitrogens with zero attached hydrogens (tertiary/aromatic N) is 1. The van der Waals surface area contributed by atoms with E-state index in [9.17, 15) is 9.59 Å². The number of hydrogen-bond acceptors (Lipinski definition) is 4. The molecule has 0 atom stereocenters. The van der Waals surface area contributed by atoms with Gasteiger partial charge in [0.2, 0.25) is 5.91 Å². The first kappa shape index (κ1) is 13.5. The second-order valence-electron chi connectivity index (χ2n) is 4.24. The summed E-state index contributed by atoms with van der Waals surface area (Å²) in [6, 6.07) is 8.37. The smallest absolute Gasteiger partial charge is 0.337 e. The fourth-order valence-corrected chi connectivity index (χ4v) is 1.72. The molecule has 102 valence electrons. The molecule has 0 fully saturated rings. The van der Waals surface area contributed by atoms with Crippen LogP contribution in [0, 0.1) is 0 Å². The van der Waals surface area contributed by atoms with Gasteiger partial charge in [-0.25, -0.2) is 4.79 Å². The number of rotatable bonds is 4. The van der Waals surface area contributed by atoms with Crippen LogP contribution in [0.25, 0.3) is 0 Å². The number of carbonyl (C=O) groups is 2. The molecule has 1 aromatic carbocycles. The van der Waals surface area contributed by atoms with Crippen molar-refractivity contribution in [2.45, 2.75) is 6.42 Å². The lowest BCUT2D eigenvalue weighted by Crippen LogP contribution is -2.15. The first-order chi connectivity index (χ1) is 9.54. The van der Waals surface area contributed by atoms with Crippen molar-refractivity contribution in [2.75, 3.05) is 11.1 Å². The SMILES string of the molecule is Nc1cccc(CC(=O)Nc2cncc(C(=O)O)c2)c1. The van der Waals surface area contributed by atoms with Gasteiger partial charge in [0.25, 0.3) is 0 Å². The van der Waals surface area contributed by atoms with E-state index in [0.717, 1.165) is 5.56 Å². The number of carbonyl (C=O) groups excluding carboxylic acids is 1. The quantitative estimate of drug-likeness (QED) is 0.731. The minimum atomic E-state index is -1.09. The van der Waals surface area contributed by atoms with E-state index in [4.69, 9.17) is 10.8 Å². The summed E-state index contributed by atoms with van der Waals surface area (Å²) in [4.78, 5) is 26.4. The van der Waals surface area contributed by atoms with E-state index < -0.39 is 5.97 Å². The fraction of sp³-hybridized carbons (Fsp3) is 0.0714. The Morgan fingerprint density at radius 3 is 2.75 bits per heavy atom. The lowest BCUT2D eigenvalue weighted by Gasteiger charge is -2.06. The van der Waals surface area contributed by atoms with Crippen LogP contribution in [0.4, 0.5) is 11.4 Å². The third-order valence-corrected chi connectivity index (χ3v) is 2.58. The van der Waals surface area contributed by atoms with E-state index in [0.29, 0.717) is 11.4 Å². The molecule has 0 radical (unpaired) electrons. The number of aromatic carboxylic acids is 1. The molecule has 0 unspecified atom stereocenters. The van der Waals surface area contributed by atoms with Crippen molar-refractivity contribution >= 4 is 23.3 Å². The Bertz CT molecular complexity index is 656. The maximum absolute atomic E-state index is 11.8. The van der Waals surface area contributed by atoms with E-state index >= 15 is 0 Å². The zero-order chi connectivity index (χ0) is 14.5. The molecule has 4 N–H and O–H groups in total. The molecular weight excluding hydrogens is 258 g/mol. The average molecular weight is 271 g/mol. The summed E-state index contributed by atoms with van der Waals surface area (Å²) in [5, 5.41) is 11.4. The number of aromatic nitrogens is 1. The van der Waals surface area contributed by atoms with Gasteiger partial charge in [-0.15, -0.1) is 0 Å². The van der Waals surface area contributed by atoms with Gasteiger partial charge in [0.1, 0.15) is 0 Å². The Balaban J connectivity index is 2.04. The number of carboxylic acids is 1. The molecule has 0 bridgehead atoms. The summed E-state index contributed by atoms with van der Waals surface area (Å²) in [6.45, 7) is 0. The molecule has 0 aliphatic rings. The Labute approximate surface area is 115 Å². The number of nitrogens with two attached hydrogens (primary N) is 1. The summed E-state index contributed by atoms with van der Waals surface area (Å²) in [5.74, 6) is -1.36. The van der Waals surface area contributed by atoms with Crippen LogP contribution in [-0.4, -0.2) is 22.0 Å². The van der Waals surface area contributed by atoms with E-state index in [-0.39, 0.29) is 17.9 Å². The number of benzene rings is 1. The van der Waals surface area contributed by atoms with Crippen molar-refractivity contribution in [1.82, 2.24) is 4.98 Å². The van der Waals surface area contributed by atoms with Crippen molar-refractivity contribution in [1.29, 1.82) is 0 Å². The molecule has 6 nitrogen and oxygen atoms in total. The highest BCUT2D eigenvalue weighted by molar-refractivity contribution is 5.94. The molecule has 0 aliphatic heterocycles. The lowest BCUT2D eigenvalue weighted by atomic mass is 10.1. The summed E-state index contributed by atoms with van der Waals surface area (Å²) in [6.07, 6.45) is 2.77. The van der Waals surface area contributed by atoms with Crippen molar-refractivity contribution in [2.24, 2.45) is 0 Å². The molecule has 0 saturated carbocycles. The highest BCUT2D eigenvalue weighted by Gasteiger charge is 2.08. The van der Waals surface area contributed by atoms with Gasteiger partial charge in [0, 0.05) is 11.9 Å². The molecule has 0 aliphatic carbocycles. The monoisotopic (exact) mass is 271 g/mol. The van der Waals surface area contributed by atoms with E-state index in [1.54, 1.807) is 24.3 Å². The van der Waals surface area contributed by atoms with Gasteiger partial charge in [-0.05, 0) is 23.8 Å². The Kier molecular flexibility index (Phi) is 3.95. The molecule has 6 heteroatoms. The van der Waals surface area contributed by atoms with Gasteiger partial charge in [0.05, 0.1) is 23.9 Å². The summed E-state index contributed by atoms with van der Waals surface area (Å²) in [5.41, 5.74) is 7.37. The minimum Gasteiger partial charge on any atom is -0.478 e. The van der Waals surface area contributed by atoms with Crippen molar-refractivity contribution in [3.05, 3.63) is 53.9 Å². The highest BCUT2D eigenvalue weighted by atomic mass is 16.4. The van der Waals surface area contributed by atoms with Crippen molar-refractivity contribution < 1.29 is 14.7 Å². The van der Waals surface area contributed by atoms with Crippen LogP contribution in [0.3, 0.4) is 0 Å². The van der Waals surface area contributed by atoms with E-state index in [2.05, 4.69) is 10.3 Å².